The van der Waals surface area contributed by atoms with Gasteiger partial charge in [0.2, 0.25) is 10.0 Å². The molecular weight excluding hydrogens is 452 g/mol. The molecule has 0 radical (unpaired) electrons. The molecule has 1 aliphatic rings. The van der Waals surface area contributed by atoms with E-state index in [9.17, 15) is 33.4 Å². The number of hydrogen-bond acceptors (Lipinski definition) is 7. The number of carbonyl (C=O) groups is 1. The van der Waals surface area contributed by atoms with Gasteiger partial charge < -0.3 is 5.32 Å². The van der Waals surface area contributed by atoms with Crippen LogP contribution >= 0.6 is 0 Å². The van der Waals surface area contributed by atoms with E-state index in [4.69, 9.17) is 0 Å². The highest BCUT2D eigenvalue weighted by molar-refractivity contribution is 7.89. The number of nitro groups is 2. The molecule has 0 spiro atoms. The summed E-state index contributed by atoms with van der Waals surface area (Å²) < 4.78 is 27.7. The number of nitrogens with zero attached hydrogens (tertiary/aromatic N) is 2. The molecule has 2 aromatic rings. The van der Waals surface area contributed by atoms with Crippen LogP contribution in [-0.4, -0.2) is 36.8 Å². The average Bonchev–Trinajstić information content (AvgIpc) is 3.26. The van der Waals surface area contributed by atoms with Crippen LogP contribution in [0.15, 0.2) is 41.3 Å². The number of non-ortho nitro benzene ring substituents is 1. The van der Waals surface area contributed by atoms with Gasteiger partial charge in [-0.25, -0.2) is 13.1 Å². The Morgan fingerprint density at radius 2 is 1.70 bits per heavy atom. The molecule has 0 aliphatic heterocycles. The van der Waals surface area contributed by atoms with Crippen LogP contribution in [-0.2, 0) is 16.4 Å². The first-order chi connectivity index (χ1) is 15.6. The summed E-state index contributed by atoms with van der Waals surface area (Å²) in [4.78, 5) is 33.3. The van der Waals surface area contributed by atoms with E-state index in [1.807, 2.05) is 0 Å². The van der Waals surface area contributed by atoms with Crippen molar-refractivity contribution in [1.29, 1.82) is 0 Å². The molecule has 33 heavy (non-hydrogen) atoms. The quantitative estimate of drug-likeness (QED) is 0.415. The highest BCUT2D eigenvalue weighted by Gasteiger charge is 2.25. The van der Waals surface area contributed by atoms with Gasteiger partial charge in [0.25, 0.3) is 17.3 Å². The van der Waals surface area contributed by atoms with Crippen LogP contribution < -0.4 is 10.0 Å². The first-order valence-electron chi connectivity index (χ1n) is 10.4. The molecule has 0 atom stereocenters. The van der Waals surface area contributed by atoms with Crippen LogP contribution in [0.3, 0.4) is 0 Å². The highest BCUT2D eigenvalue weighted by Crippen LogP contribution is 2.28. The zero-order valence-electron chi connectivity index (χ0n) is 17.9. The number of sulfonamides is 1. The van der Waals surface area contributed by atoms with E-state index in [2.05, 4.69) is 10.0 Å². The fraction of sp³-hybridized carbons (Fsp3) is 0.381. The lowest BCUT2D eigenvalue weighted by atomic mass is 10.0. The predicted molar refractivity (Wildman–Crippen MR) is 120 cm³/mol. The van der Waals surface area contributed by atoms with Gasteiger partial charge in [-0.1, -0.05) is 25.0 Å². The normalized spacial score (nSPS) is 14.2. The van der Waals surface area contributed by atoms with Crippen molar-refractivity contribution in [3.63, 3.8) is 0 Å². The molecule has 1 saturated carbocycles. The Hall–Kier alpha value is -3.38. The van der Waals surface area contributed by atoms with Crippen molar-refractivity contribution in [3.8, 4) is 0 Å². The summed E-state index contributed by atoms with van der Waals surface area (Å²) in [7, 11) is -3.59. The summed E-state index contributed by atoms with van der Waals surface area (Å²) in [6.45, 7) is 1.51. The lowest BCUT2D eigenvalue weighted by Crippen LogP contribution is -2.32. The van der Waals surface area contributed by atoms with Crippen molar-refractivity contribution >= 4 is 27.3 Å². The fourth-order valence-corrected chi connectivity index (χ4v) is 5.10. The summed E-state index contributed by atoms with van der Waals surface area (Å²) >= 11 is 0. The molecule has 0 bridgehead atoms. The Balaban J connectivity index is 1.63. The molecule has 12 heteroatoms. The molecule has 0 saturated heterocycles. The number of benzene rings is 2. The Morgan fingerprint density at radius 3 is 2.27 bits per heavy atom. The van der Waals surface area contributed by atoms with E-state index in [0.717, 1.165) is 43.4 Å². The SMILES string of the molecule is Cc1c(C(=O)NCCc2ccc(S(=O)(=O)NC3CCCC3)cc2)cc([N+](=O)[O-])cc1[N+](=O)[O-]. The van der Waals surface area contributed by atoms with E-state index in [-0.39, 0.29) is 28.6 Å². The molecule has 2 aromatic carbocycles. The largest absolute Gasteiger partial charge is 0.352 e. The number of nitro benzene ring substituents is 2. The molecule has 0 unspecified atom stereocenters. The average molecular weight is 477 g/mol. The number of rotatable bonds is 9. The maximum absolute atomic E-state index is 12.5. The molecule has 2 N–H and O–H groups in total. The van der Waals surface area contributed by atoms with E-state index >= 15 is 0 Å². The van der Waals surface area contributed by atoms with Crippen LogP contribution in [0, 0.1) is 27.2 Å². The first kappa shape index (κ1) is 24.3. The monoisotopic (exact) mass is 476 g/mol. The predicted octanol–water partition coefficient (Wildman–Crippen LogP) is 3.00. The number of amides is 1. The number of hydrogen-bond donors (Lipinski definition) is 2. The molecule has 3 rings (SSSR count). The van der Waals surface area contributed by atoms with Crippen molar-refractivity contribution in [1.82, 2.24) is 10.0 Å². The summed E-state index contributed by atoms with van der Waals surface area (Å²) in [5.41, 5.74) is -0.377. The Kier molecular flexibility index (Phi) is 7.39. The molecule has 11 nitrogen and oxygen atoms in total. The molecule has 1 amide bonds. The minimum atomic E-state index is -3.59. The third-order valence-electron chi connectivity index (χ3n) is 5.63. The van der Waals surface area contributed by atoms with Gasteiger partial charge >= 0.3 is 0 Å². The summed E-state index contributed by atoms with van der Waals surface area (Å²) in [5, 5.41) is 24.8. The molecule has 176 valence electrons. The first-order valence-corrected chi connectivity index (χ1v) is 11.9. The highest BCUT2D eigenvalue weighted by atomic mass is 32.2. The molecule has 1 fully saturated rings. The van der Waals surface area contributed by atoms with Crippen molar-refractivity contribution < 1.29 is 23.1 Å². The second kappa shape index (κ2) is 10.0. The fourth-order valence-electron chi connectivity index (χ4n) is 3.80. The van der Waals surface area contributed by atoms with E-state index in [0.29, 0.717) is 6.42 Å². The smallest absolute Gasteiger partial charge is 0.279 e. The standard InChI is InChI=1S/C21H24N4O7S/c1-14-19(12-17(24(27)28)13-20(14)25(29)30)21(26)22-11-10-15-6-8-18(9-7-15)33(31,32)23-16-4-2-3-5-16/h6-9,12-13,16,23H,2-5,10-11H2,1H3,(H,22,26). The Bertz CT molecular complexity index is 1170. The maximum atomic E-state index is 12.5. The molecule has 1 aliphatic carbocycles. The zero-order chi connectivity index (χ0) is 24.2. The van der Waals surface area contributed by atoms with Crippen LogP contribution in [0.25, 0.3) is 0 Å². The van der Waals surface area contributed by atoms with E-state index < -0.39 is 37.2 Å². The van der Waals surface area contributed by atoms with Gasteiger partial charge in [0.1, 0.15) is 0 Å². The van der Waals surface area contributed by atoms with Crippen LogP contribution in [0.4, 0.5) is 11.4 Å². The maximum Gasteiger partial charge on any atom is 0.279 e. The minimum absolute atomic E-state index is 0.0296. The number of carbonyl (C=O) groups excluding carboxylic acids is 1. The Morgan fingerprint density at radius 1 is 1.06 bits per heavy atom. The van der Waals surface area contributed by atoms with Crippen molar-refractivity contribution in [2.75, 3.05) is 6.54 Å². The second-order valence-corrected chi connectivity index (χ2v) is 9.62. The Labute approximate surface area is 190 Å². The van der Waals surface area contributed by atoms with E-state index in [1.165, 1.54) is 19.1 Å². The minimum Gasteiger partial charge on any atom is -0.352 e. The third-order valence-corrected chi connectivity index (χ3v) is 7.16. The van der Waals surface area contributed by atoms with Gasteiger partial charge in [-0.05, 0) is 43.9 Å². The lowest BCUT2D eigenvalue weighted by molar-refractivity contribution is -0.394. The summed E-state index contributed by atoms with van der Waals surface area (Å²) in [5.74, 6) is -0.667. The van der Waals surface area contributed by atoms with Gasteiger partial charge in [-0.2, -0.15) is 0 Å². The lowest BCUT2D eigenvalue weighted by Gasteiger charge is -2.13. The molecular formula is C21H24N4O7S. The van der Waals surface area contributed by atoms with Gasteiger partial charge in [-0.3, -0.25) is 25.0 Å². The van der Waals surface area contributed by atoms with Crippen LogP contribution in [0.2, 0.25) is 0 Å². The van der Waals surface area contributed by atoms with Crippen LogP contribution in [0.1, 0.15) is 47.2 Å². The van der Waals surface area contributed by atoms with Gasteiger partial charge in [0, 0.05) is 24.2 Å². The molecule has 0 aromatic heterocycles. The second-order valence-electron chi connectivity index (χ2n) is 7.90. The van der Waals surface area contributed by atoms with Gasteiger partial charge in [0.15, 0.2) is 0 Å². The topological polar surface area (TPSA) is 162 Å². The van der Waals surface area contributed by atoms with Gasteiger partial charge in [-0.15, -0.1) is 0 Å². The van der Waals surface area contributed by atoms with Crippen molar-refractivity contribution in [2.45, 2.75) is 50.0 Å². The third kappa shape index (κ3) is 5.90. The van der Waals surface area contributed by atoms with Crippen molar-refractivity contribution in [3.05, 3.63) is 73.3 Å². The van der Waals surface area contributed by atoms with E-state index in [1.54, 1.807) is 12.1 Å². The van der Waals surface area contributed by atoms with Gasteiger partial charge in [0.05, 0.1) is 26.4 Å². The van der Waals surface area contributed by atoms with Crippen LogP contribution in [0.5, 0.6) is 0 Å². The number of nitrogens with one attached hydrogen (secondary N) is 2. The zero-order valence-corrected chi connectivity index (χ0v) is 18.8. The summed E-state index contributed by atoms with van der Waals surface area (Å²) in [6.07, 6.45) is 4.08. The summed E-state index contributed by atoms with van der Waals surface area (Å²) in [6, 6.07) is 8.11. The molecule has 0 heterocycles. The van der Waals surface area contributed by atoms with Crippen molar-refractivity contribution in [2.24, 2.45) is 0 Å².